The van der Waals surface area contributed by atoms with E-state index in [2.05, 4.69) is 10.3 Å². The molecule has 0 spiro atoms. The second-order valence-corrected chi connectivity index (χ2v) is 9.18. The SMILES string of the molecule is Cc1ccccc1NC(=O)[C@@H]1Sc2[nH]c(=O)sc2[C@H]2c3ccccc3OC(=O)[C@H]21. The summed E-state index contributed by atoms with van der Waals surface area (Å²) in [5, 5.41) is 2.86. The molecule has 5 rings (SSSR count). The maximum absolute atomic E-state index is 13.2. The van der Waals surface area contributed by atoms with Crippen LogP contribution in [0.1, 0.15) is 21.9 Å². The van der Waals surface area contributed by atoms with Crippen molar-refractivity contribution < 1.29 is 14.3 Å². The Balaban J connectivity index is 1.60. The van der Waals surface area contributed by atoms with Gasteiger partial charge in [0, 0.05) is 22.0 Å². The third-order valence-electron chi connectivity index (χ3n) is 5.25. The number of aryl methyl sites for hydroxylation is 1. The highest BCUT2D eigenvalue weighted by Crippen LogP contribution is 2.53. The van der Waals surface area contributed by atoms with Crippen LogP contribution in [0.4, 0.5) is 5.69 Å². The number of esters is 1. The van der Waals surface area contributed by atoms with Crippen LogP contribution in [0, 0.1) is 12.8 Å². The van der Waals surface area contributed by atoms with Gasteiger partial charge in [0.05, 0.1) is 10.9 Å². The number of ether oxygens (including phenoxy) is 1. The van der Waals surface area contributed by atoms with E-state index < -0.39 is 17.1 Å². The number of carbonyl (C=O) groups excluding carboxylic acids is 2. The third-order valence-corrected chi connectivity index (χ3v) is 7.67. The molecule has 0 radical (unpaired) electrons. The minimum absolute atomic E-state index is 0.197. The molecule has 2 aliphatic rings. The lowest BCUT2D eigenvalue weighted by Crippen LogP contribution is -2.46. The summed E-state index contributed by atoms with van der Waals surface area (Å²) < 4.78 is 5.56. The molecule has 1 amide bonds. The monoisotopic (exact) mass is 424 g/mol. The summed E-state index contributed by atoms with van der Waals surface area (Å²) >= 11 is 2.31. The highest BCUT2D eigenvalue weighted by molar-refractivity contribution is 8.00. The van der Waals surface area contributed by atoms with Crippen LogP contribution in [-0.4, -0.2) is 22.1 Å². The number of thioether (sulfide) groups is 1. The number of aromatic nitrogens is 1. The maximum atomic E-state index is 13.2. The minimum Gasteiger partial charge on any atom is -0.426 e. The number of amides is 1. The van der Waals surface area contributed by atoms with Gasteiger partial charge in [0.25, 0.3) is 0 Å². The zero-order valence-electron chi connectivity index (χ0n) is 15.3. The molecule has 8 heteroatoms. The van der Waals surface area contributed by atoms with Gasteiger partial charge < -0.3 is 15.0 Å². The Morgan fingerprint density at radius 1 is 1.10 bits per heavy atom. The fraction of sp³-hybridized carbons (Fsp3) is 0.190. The number of aromatic amines is 1. The van der Waals surface area contributed by atoms with E-state index >= 15 is 0 Å². The van der Waals surface area contributed by atoms with Crippen molar-refractivity contribution >= 4 is 40.7 Å². The number of anilines is 1. The van der Waals surface area contributed by atoms with Crippen LogP contribution >= 0.6 is 23.1 Å². The second-order valence-electron chi connectivity index (χ2n) is 7.01. The molecule has 6 nitrogen and oxygen atoms in total. The van der Waals surface area contributed by atoms with Gasteiger partial charge in [-0.3, -0.25) is 14.4 Å². The molecule has 0 aliphatic carbocycles. The fourth-order valence-corrected chi connectivity index (χ4v) is 6.35. The Morgan fingerprint density at radius 2 is 1.86 bits per heavy atom. The number of H-pyrrole nitrogens is 1. The minimum atomic E-state index is -0.724. The lowest BCUT2D eigenvalue weighted by molar-refractivity contribution is -0.142. The first-order chi connectivity index (χ1) is 14.0. The van der Waals surface area contributed by atoms with Crippen molar-refractivity contribution in [3.63, 3.8) is 0 Å². The van der Waals surface area contributed by atoms with Crippen molar-refractivity contribution in [2.75, 3.05) is 5.32 Å². The lowest BCUT2D eigenvalue weighted by Gasteiger charge is -2.38. The topological polar surface area (TPSA) is 88.3 Å². The van der Waals surface area contributed by atoms with Crippen LogP contribution < -0.4 is 14.9 Å². The van der Waals surface area contributed by atoms with Gasteiger partial charge >= 0.3 is 10.8 Å². The predicted octanol–water partition coefficient (Wildman–Crippen LogP) is 3.52. The van der Waals surface area contributed by atoms with E-state index in [1.165, 1.54) is 11.8 Å². The summed E-state index contributed by atoms with van der Waals surface area (Å²) in [6.07, 6.45) is 0. The molecule has 2 aromatic carbocycles. The molecule has 3 aromatic rings. The van der Waals surface area contributed by atoms with E-state index in [0.717, 1.165) is 27.3 Å². The summed E-state index contributed by atoms with van der Waals surface area (Å²) in [6.45, 7) is 1.91. The van der Waals surface area contributed by atoms with Crippen LogP contribution in [0.2, 0.25) is 0 Å². The number of thiazole rings is 1. The van der Waals surface area contributed by atoms with Crippen LogP contribution in [0.3, 0.4) is 0 Å². The quantitative estimate of drug-likeness (QED) is 0.485. The van der Waals surface area contributed by atoms with Crippen LogP contribution in [0.15, 0.2) is 58.4 Å². The van der Waals surface area contributed by atoms with Gasteiger partial charge in [-0.25, -0.2) is 0 Å². The largest absolute Gasteiger partial charge is 0.426 e. The Labute approximate surface area is 174 Å². The lowest BCUT2D eigenvalue weighted by atomic mass is 9.80. The zero-order chi connectivity index (χ0) is 20.1. The highest BCUT2D eigenvalue weighted by Gasteiger charge is 2.51. The van der Waals surface area contributed by atoms with Crippen molar-refractivity contribution in [2.45, 2.75) is 23.1 Å². The molecular weight excluding hydrogens is 408 g/mol. The predicted molar refractivity (Wildman–Crippen MR) is 112 cm³/mol. The normalized spacial score (nSPS) is 22.1. The average molecular weight is 425 g/mol. The number of nitrogens with one attached hydrogen (secondary N) is 2. The fourth-order valence-electron chi connectivity index (χ4n) is 3.89. The van der Waals surface area contributed by atoms with E-state index in [4.69, 9.17) is 4.74 Å². The molecular formula is C21H16N2O4S2. The number of benzene rings is 2. The molecule has 2 N–H and O–H groups in total. The molecule has 1 aromatic heterocycles. The van der Waals surface area contributed by atoms with Crippen LogP contribution in [0.25, 0.3) is 0 Å². The summed E-state index contributed by atoms with van der Waals surface area (Å²) in [5.41, 5.74) is 2.45. The molecule has 0 bridgehead atoms. The van der Waals surface area contributed by atoms with Crippen molar-refractivity contribution in [3.05, 3.63) is 74.2 Å². The van der Waals surface area contributed by atoms with Crippen LogP contribution in [-0.2, 0) is 9.59 Å². The molecule has 146 valence electrons. The Kier molecular flexibility index (Phi) is 4.33. The van der Waals surface area contributed by atoms with Gasteiger partial charge in [-0.1, -0.05) is 59.5 Å². The molecule has 0 fully saturated rings. The standard InChI is InChI=1S/C21H16N2O4S2/c1-10-6-2-4-8-12(10)22-18(24)16-15-14(17-19(28-16)23-21(26)29-17)11-7-3-5-9-13(11)27-20(15)25/h2-9,14-16H,1H3,(H,22,24)(H,23,26)/t14-,15+,16+/m0/s1. The number of fused-ring (bicyclic) bond motifs is 5. The highest BCUT2D eigenvalue weighted by atomic mass is 32.2. The van der Waals surface area contributed by atoms with E-state index in [1.54, 1.807) is 12.1 Å². The molecule has 2 aliphatic heterocycles. The van der Waals surface area contributed by atoms with Gasteiger partial charge in [0.1, 0.15) is 11.0 Å². The summed E-state index contributed by atoms with van der Waals surface area (Å²) in [5.74, 6) is -1.35. The van der Waals surface area contributed by atoms with Crippen molar-refractivity contribution in [2.24, 2.45) is 5.92 Å². The summed E-state index contributed by atoms with van der Waals surface area (Å²) in [7, 11) is 0. The first-order valence-electron chi connectivity index (χ1n) is 9.09. The summed E-state index contributed by atoms with van der Waals surface area (Å²) in [4.78, 5) is 41.7. The number of para-hydroxylation sites is 2. The van der Waals surface area contributed by atoms with Gasteiger partial charge in [-0.05, 0) is 24.6 Å². The van der Waals surface area contributed by atoms with E-state index in [9.17, 15) is 14.4 Å². The Bertz CT molecular complexity index is 1200. The smallest absolute Gasteiger partial charge is 0.317 e. The molecule has 0 saturated carbocycles. The van der Waals surface area contributed by atoms with Gasteiger partial charge in [-0.15, -0.1) is 0 Å². The first kappa shape index (κ1) is 18.2. The second kappa shape index (κ2) is 6.89. The Hall–Kier alpha value is -2.84. The van der Waals surface area contributed by atoms with E-state index in [0.29, 0.717) is 16.5 Å². The first-order valence-corrected chi connectivity index (χ1v) is 10.8. The van der Waals surface area contributed by atoms with Crippen LogP contribution in [0.5, 0.6) is 5.75 Å². The molecule has 3 heterocycles. The van der Waals surface area contributed by atoms with E-state index in [-0.39, 0.29) is 16.7 Å². The molecule has 0 unspecified atom stereocenters. The summed E-state index contributed by atoms with van der Waals surface area (Å²) in [6, 6.07) is 14.8. The third kappa shape index (κ3) is 2.99. The number of carbonyl (C=O) groups is 2. The van der Waals surface area contributed by atoms with E-state index in [1.807, 2.05) is 43.3 Å². The number of rotatable bonds is 2. The molecule has 0 saturated heterocycles. The zero-order valence-corrected chi connectivity index (χ0v) is 16.9. The number of hydrogen-bond acceptors (Lipinski definition) is 6. The van der Waals surface area contributed by atoms with Crippen molar-refractivity contribution in [3.8, 4) is 5.75 Å². The van der Waals surface area contributed by atoms with Crippen molar-refractivity contribution in [1.82, 2.24) is 4.98 Å². The molecule has 29 heavy (non-hydrogen) atoms. The van der Waals surface area contributed by atoms with Crippen molar-refractivity contribution in [1.29, 1.82) is 0 Å². The Morgan fingerprint density at radius 3 is 2.69 bits per heavy atom. The number of hydrogen-bond donors (Lipinski definition) is 2. The van der Waals surface area contributed by atoms with Gasteiger partial charge in [0.15, 0.2) is 0 Å². The van der Waals surface area contributed by atoms with Gasteiger partial charge in [-0.2, -0.15) is 0 Å². The molecule has 3 atom stereocenters. The van der Waals surface area contributed by atoms with Gasteiger partial charge in [0.2, 0.25) is 5.91 Å². The maximum Gasteiger partial charge on any atom is 0.317 e. The average Bonchev–Trinajstić information content (AvgIpc) is 3.09.